The monoisotopic (exact) mass is 289 g/mol. The van der Waals surface area contributed by atoms with E-state index >= 15 is 0 Å². The van der Waals surface area contributed by atoms with Gasteiger partial charge in [0, 0.05) is 23.6 Å². The zero-order valence-electron chi connectivity index (χ0n) is 13.0. The summed E-state index contributed by atoms with van der Waals surface area (Å²) in [5, 5.41) is 10.7. The molecule has 21 heavy (non-hydrogen) atoms. The highest BCUT2D eigenvalue weighted by molar-refractivity contribution is 5.84. The first-order chi connectivity index (χ1) is 10.1. The third kappa shape index (κ3) is 3.45. The number of benzene rings is 1. The Morgan fingerprint density at radius 1 is 1.29 bits per heavy atom. The van der Waals surface area contributed by atoms with E-state index < -0.39 is 0 Å². The molecule has 0 amide bonds. The lowest BCUT2D eigenvalue weighted by Crippen LogP contribution is -2.24. The standard InChI is InChI=1S/C17H23NO3/c1-4-6-9-18(5-2)11-13-10-16(20)21-17-12(3)15(19)8-7-14(13)17/h7-8,10,19H,4-6,9,11H2,1-3H3. The van der Waals surface area contributed by atoms with Gasteiger partial charge in [0.25, 0.3) is 0 Å². The van der Waals surface area contributed by atoms with E-state index in [9.17, 15) is 9.90 Å². The number of rotatable bonds is 6. The summed E-state index contributed by atoms with van der Waals surface area (Å²) in [4.78, 5) is 14.1. The molecule has 0 fully saturated rings. The van der Waals surface area contributed by atoms with E-state index in [0.717, 1.165) is 43.4 Å². The van der Waals surface area contributed by atoms with Crippen LogP contribution in [0.15, 0.2) is 27.4 Å². The summed E-state index contributed by atoms with van der Waals surface area (Å²) >= 11 is 0. The second-order valence-corrected chi connectivity index (χ2v) is 5.40. The van der Waals surface area contributed by atoms with Gasteiger partial charge in [-0.25, -0.2) is 4.79 Å². The Bertz CT molecular complexity index is 676. The van der Waals surface area contributed by atoms with Gasteiger partial charge in [0.15, 0.2) is 0 Å². The van der Waals surface area contributed by atoms with Crippen LogP contribution in [-0.4, -0.2) is 23.1 Å². The van der Waals surface area contributed by atoms with Crippen molar-refractivity contribution in [3.05, 3.63) is 39.7 Å². The van der Waals surface area contributed by atoms with Crippen LogP contribution in [0.4, 0.5) is 0 Å². The third-order valence-electron chi connectivity index (χ3n) is 3.89. The van der Waals surface area contributed by atoms with Crippen LogP contribution in [0, 0.1) is 6.92 Å². The minimum absolute atomic E-state index is 0.154. The molecule has 1 aromatic heterocycles. The van der Waals surface area contributed by atoms with E-state index in [1.165, 1.54) is 0 Å². The molecule has 0 atom stereocenters. The maximum atomic E-state index is 11.8. The van der Waals surface area contributed by atoms with Gasteiger partial charge >= 0.3 is 5.63 Å². The minimum Gasteiger partial charge on any atom is -0.508 e. The summed E-state index contributed by atoms with van der Waals surface area (Å²) in [6.45, 7) is 8.75. The quantitative estimate of drug-likeness (QED) is 0.828. The summed E-state index contributed by atoms with van der Waals surface area (Å²) in [6, 6.07) is 5.04. The van der Waals surface area contributed by atoms with Crippen LogP contribution in [-0.2, 0) is 6.54 Å². The predicted molar refractivity (Wildman–Crippen MR) is 84.7 cm³/mol. The van der Waals surface area contributed by atoms with Gasteiger partial charge in [-0.3, -0.25) is 4.90 Å². The van der Waals surface area contributed by atoms with Crippen molar-refractivity contribution >= 4 is 11.0 Å². The van der Waals surface area contributed by atoms with Gasteiger partial charge in [0.05, 0.1) is 0 Å². The van der Waals surface area contributed by atoms with Gasteiger partial charge < -0.3 is 9.52 Å². The van der Waals surface area contributed by atoms with E-state index in [1.807, 2.05) is 6.07 Å². The van der Waals surface area contributed by atoms with Crippen LogP contribution in [0.3, 0.4) is 0 Å². The summed E-state index contributed by atoms with van der Waals surface area (Å²) in [5.74, 6) is 0.154. The highest BCUT2D eigenvalue weighted by Crippen LogP contribution is 2.27. The molecule has 1 N–H and O–H groups in total. The molecule has 0 aliphatic carbocycles. The first kappa shape index (κ1) is 15.6. The molecule has 2 rings (SSSR count). The number of hydrogen-bond acceptors (Lipinski definition) is 4. The molecule has 4 nitrogen and oxygen atoms in total. The molecular weight excluding hydrogens is 266 g/mol. The molecule has 0 saturated carbocycles. The molecule has 1 aromatic carbocycles. The van der Waals surface area contributed by atoms with Gasteiger partial charge in [-0.15, -0.1) is 0 Å². The second kappa shape index (κ2) is 6.76. The number of phenols is 1. The highest BCUT2D eigenvalue weighted by Gasteiger charge is 2.12. The van der Waals surface area contributed by atoms with E-state index in [-0.39, 0.29) is 11.4 Å². The Hall–Kier alpha value is -1.81. The molecule has 2 aromatic rings. The Labute approximate surface area is 125 Å². The molecule has 114 valence electrons. The number of hydrogen-bond donors (Lipinski definition) is 1. The summed E-state index contributed by atoms with van der Waals surface area (Å²) < 4.78 is 5.28. The number of fused-ring (bicyclic) bond motifs is 1. The van der Waals surface area contributed by atoms with E-state index in [0.29, 0.717) is 11.1 Å². The third-order valence-corrected chi connectivity index (χ3v) is 3.89. The van der Waals surface area contributed by atoms with Crippen LogP contribution in [0.2, 0.25) is 0 Å². The van der Waals surface area contributed by atoms with Gasteiger partial charge in [0.1, 0.15) is 11.3 Å². The van der Waals surface area contributed by atoms with Gasteiger partial charge in [-0.1, -0.05) is 20.3 Å². The average molecular weight is 289 g/mol. The Kier molecular flexibility index (Phi) is 5.02. The van der Waals surface area contributed by atoms with Crippen molar-refractivity contribution in [3.63, 3.8) is 0 Å². The Morgan fingerprint density at radius 2 is 2.05 bits per heavy atom. The van der Waals surface area contributed by atoms with Crippen molar-refractivity contribution in [2.75, 3.05) is 13.1 Å². The van der Waals surface area contributed by atoms with Crippen LogP contribution in [0.5, 0.6) is 5.75 Å². The van der Waals surface area contributed by atoms with Gasteiger partial charge in [-0.05, 0) is 44.1 Å². The van der Waals surface area contributed by atoms with Crippen molar-refractivity contribution in [1.29, 1.82) is 0 Å². The fourth-order valence-corrected chi connectivity index (χ4v) is 2.52. The Morgan fingerprint density at radius 3 is 2.71 bits per heavy atom. The summed E-state index contributed by atoms with van der Waals surface area (Å²) in [5.41, 5.74) is 1.70. The average Bonchev–Trinajstić information content (AvgIpc) is 2.47. The lowest BCUT2D eigenvalue weighted by Gasteiger charge is -2.20. The minimum atomic E-state index is -0.363. The molecule has 1 heterocycles. The largest absolute Gasteiger partial charge is 0.508 e. The molecular formula is C17H23NO3. The van der Waals surface area contributed by atoms with Crippen LogP contribution >= 0.6 is 0 Å². The fraction of sp³-hybridized carbons (Fsp3) is 0.471. The van der Waals surface area contributed by atoms with Crippen LogP contribution in [0.25, 0.3) is 11.0 Å². The molecule has 0 saturated heterocycles. The number of unbranched alkanes of at least 4 members (excludes halogenated alkanes) is 1. The van der Waals surface area contributed by atoms with Crippen molar-refractivity contribution in [1.82, 2.24) is 4.90 Å². The normalized spacial score (nSPS) is 11.4. The first-order valence-corrected chi connectivity index (χ1v) is 7.54. The SMILES string of the molecule is CCCCN(CC)Cc1cc(=O)oc2c(C)c(O)ccc12. The van der Waals surface area contributed by atoms with Gasteiger partial charge in [0.2, 0.25) is 0 Å². The molecule has 0 radical (unpaired) electrons. The van der Waals surface area contributed by atoms with E-state index in [4.69, 9.17) is 4.42 Å². The van der Waals surface area contributed by atoms with Crippen LogP contribution < -0.4 is 5.63 Å². The lowest BCUT2D eigenvalue weighted by atomic mass is 10.1. The molecule has 0 spiro atoms. The predicted octanol–water partition coefficient (Wildman–Crippen LogP) is 3.43. The van der Waals surface area contributed by atoms with Gasteiger partial charge in [-0.2, -0.15) is 0 Å². The molecule has 0 aliphatic rings. The molecule has 4 heteroatoms. The molecule has 0 bridgehead atoms. The summed E-state index contributed by atoms with van der Waals surface area (Å²) in [6.07, 6.45) is 2.30. The van der Waals surface area contributed by atoms with Crippen molar-refractivity contribution < 1.29 is 9.52 Å². The number of phenolic OH excluding ortho intramolecular Hbond substituents is 1. The Balaban J connectivity index is 2.43. The fourth-order valence-electron chi connectivity index (χ4n) is 2.52. The van der Waals surface area contributed by atoms with E-state index in [2.05, 4.69) is 18.7 Å². The highest BCUT2D eigenvalue weighted by atomic mass is 16.4. The molecule has 0 aliphatic heterocycles. The number of aryl methyl sites for hydroxylation is 1. The van der Waals surface area contributed by atoms with Crippen molar-refractivity contribution in [2.24, 2.45) is 0 Å². The number of nitrogens with zero attached hydrogens (tertiary/aromatic N) is 1. The maximum absolute atomic E-state index is 11.8. The maximum Gasteiger partial charge on any atom is 0.336 e. The second-order valence-electron chi connectivity index (χ2n) is 5.40. The van der Waals surface area contributed by atoms with Crippen molar-refractivity contribution in [2.45, 2.75) is 40.2 Å². The molecule has 0 unspecified atom stereocenters. The van der Waals surface area contributed by atoms with E-state index in [1.54, 1.807) is 19.1 Å². The number of aromatic hydroxyl groups is 1. The zero-order chi connectivity index (χ0) is 15.4. The first-order valence-electron chi connectivity index (χ1n) is 7.54. The zero-order valence-corrected chi connectivity index (χ0v) is 13.0. The van der Waals surface area contributed by atoms with Crippen molar-refractivity contribution in [3.8, 4) is 5.75 Å². The lowest BCUT2D eigenvalue weighted by molar-refractivity contribution is 0.276. The smallest absolute Gasteiger partial charge is 0.336 e. The van der Waals surface area contributed by atoms with Crippen LogP contribution in [0.1, 0.15) is 37.8 Å². The summed E-state index contributed by atoms with van der Waals surface area (Å²) in [7, 11) is 0. The topological polar surface area (TPSA) is 53.7 Å².